The minimum atomic E-state index is -0.318. The van der Waals surface area contributed by atoms with Crippen molar-refractivity contribution in [3.8, 4) is 11.5 Å². The molecule has 0 saturated heterocycles. The minimum Gasteiger partial charge on any atom is -0.492 e. The van der Waals surface area contributed by atoms with Crippen LogP contribution in [-0.2, 0) is 0 Å². The molecule has 0 radical (unpaired) electrons. The number of nitrogens with one attached hydrogen (secondary N) is 2. The molecule has 2 rings (SSSR count). The second kappa shape index (κ2) is 9.92. The molecule has 0 aliphatic carbocycles. The van der Waals surface area contributed by atoms with Gasteiger partial charge in [-0.15, -0.1) is 0 Å². The van der Waals surface area contributed by atoms with Gasteiger partial charge in [0.2, 0.25) is 0 Å². The van der Waals surface area contributed by atoms with E-state index < -0.39 is 0 Å². The topological polar surface area (TPSA) is 59.6 Å². The molecule has 144 valence electrons. The van der Waals surface area contributed by atoms with E-state index in [1.807, 2.05) is 44.2 Å². The van der Waals surface area contributed by atoms with Gasteiger partial charge in [0.05, 0.1) is 18.3 Å². The van der Waals surface area contributed by atoms with Gasteiger partial charge < -0.3 is 14.8 Å². The second-order valence-electron chi connectivity index (χ2n) is 6.80. The van der Waals surface area contributed by atoms with Gasteiger partial charge in [0.15, 0.2) is 5.11 Å². The largest absolute Gasteiger partial charge is 0.492 e. The van der Waals surface area contributed by atoms with Crippen molar-refractivity contribution in [2.24, 2.45) is 5.92 Å². The van der Waals surface area contributed by atoms with Crippen LogP contribution in [0.5, 0.6) is 11.5 Å². The Labute approximate surface area is 166 Å². The van der Waals surface area contributed by atoms with Crippen LogP contribution < -0.4 is 20.1 Å². The Morgan fingerprint density at radius 2 is 1.81 bits per heavy atom. The summed E-state index contributed by atoms with van der Waals surface area (Å²) in [6.45, 7) is 8.57. The van der Waals surface area contributed by atoms with Crippen LogP contribution in [0.25, 0.3) is 0 Å². The van der Waals surface area contributed by atoms with E-state index in [0.29, 0.717) is 23.8 Å². The average Bonchev–Trinajstić information content (AvgIpc) is 2.59. The monoisotopic (exact) mass is 386 g/mol. The zero-order valence-electron chi connectivity index (χ0n) is 16.1. The molecule has 27 heavy (non-hydrogen) atoms. The Bertz CT molecular complexity index is 791. The van der Waals surface area contributed by atoms with E-state index in [0.717, 1.165) is 11.4 Å². The zero-order valence-corrected chi connectivity index (χ0v) is 16.9. The van der Waals surface area contributed by atoms with Crippen molar-refractivity contribution in [2.45, 2.75) is 33.8 Å². The molecule has 2 N–H and O–H groups in total. The number of hydrogen-bond donors (Lipinski definition) is 2. The molecule has 2 aromatic carbocycles. The number of hydrogen-bond acceptors (Lipinski definition) is 4. The SMILES string of the molecule is CC(C)COc1ccccc1C(=O)NC(=S)Nc1cccc(OC(C)C)c1. The van der Waals surface area contributed by atoms with Gasteiger partial charge in [-0.25, -0.2) is 0 Å². The number of carbonyl (C=O) groups excluding carboxylic acids is 1. The maximum absolute atomic E-state index is 12.6. The molecule has 0 saturated carbocycles. The number of para-hydroxylation sites is 1. The quantitative estimate of drug-likeness (QED) is 0.679. The van der Waals surface area contributed by atoms with E-state index in [2.05, 4.69) is 24.5 Å². The van der Waals surface area contributed by atoms with Gasteiger partial charge in [0.1, 0.15) is 11.5 Å². The Balaban J connectivity index is 2.01. The van der Waals surface area contributed by atoms with Crippen LogP contribution in [0.3, 0.4) is 0 Å². The van der Waals surface area contributed by atoms with Crippen molar-refractivity contribution < 1.29 is 14.3 Å². The third kappa shape index (κ3) is 6.90. The summed E-state index contributed by atoms with van der Waals surface area (Å²) < 4.78 is 11.4. The van der Waals surface area contributed by atoms with Crippen LogP contribution in [0.4, 0.5) is 5.69 Å². The number of ether oxygens (including phenoxy) is 2. The van der Waals surface area contributed by atoms with Gasteiger partial charge in [-0.3, -0.25) is 10.1 Å². The first kappa shape index (κ1) is 20.7. The molecule has 5 nitrogen and oxygen atoms in total. The molecule has 0 fully saturated rings. The van der Waals surface area contributed by atoms with Gasteiger partial charge in [-0.2, -0.15) is 0 Å². The van der Waals surface area contributed by atoms with Crippen LogP contribution in [0.15, 0.2) is 48.5 Å². The number of thiocarbonyl (C=S) groups is 1. The Kier molecular flexibility index (Phi) is 7.61. The summed E-state index contributed by atoms with van der Waals surface area (Å²) in [5.41, 5.74) is 1.18. The Morgan fingerprint density at radius 1 is 1.07 bits per heavy atom. The van der Waals surface area contributed by atoms with Gasteiger partial charge in [-0.1, -0.05) is 32.0 Å². The molecule has 0 aromatic heterocycles. The predicted molar refractivity (Wildman–Crippen MR) is 113 cm³/mol. The molecule has 0 unspecified atom stereocenters. The van der Waals surface area contributed by atoms with Gasteiger partial charge in [-0.05, 0) is 56.2 Å². The summed E-state index contributed by atoms with van der Waals surface area (Å²) in [6, 6.07) is 14.5. The fraction of sp³-hybridized carbons (Fsp3) is 0.333. The first-order valence-electron chi connectivity index (χ1n) is 8.96. The van der Waals surface area contributed by atoms with Crippen LogP contribution in [0.2, 0.25) is 0 Å². The van der Waals surface area contributed by atoms with E-state index in [1.165, 1.54) is 0 Å². The number of amides is 1. The van der Waals surface area contributed by atoms with Gasteiger partial charge >= 0.3 is 0 Å². The molecule has 2 aromatic rings. The number of benzene rings is 2. The summed E-state index contributed by atoms with van der Waals surface area (Å²) >= 11 is 5.27. The fourth-order valence-electron chi connectivity index (χ4n) is 2.29. The summed E-state index contributed by atoms with van der Waals surface area (Å²) in [6.07, 6.45) is 0.0780. The first-order chi connectivity index (χ1) is 12.8. The van der Waals surface area contributed by atoms with Crippen molar-refractivity contribution in [2.75, 3.05) is 11.9 Å². The molecule has 0 aliphatic rings. The lowest BCUT2D eigenvalue weighted by Crippen LogP contribution is -2.34. The smallest absolute Gasteiger partial charge is 0.261 e. The molecule has 0 bridgehead atoms. The van der Waals surface area contributed by atoms with Crippen LogP contribution in [-0.4, -0.2) is 23.7 Å². The highest BCUT2D eigenvalue weighted by Gasteiger charge is 2.14. The number of anilines is 1. The lowest BCUT2D eigenvalue weighted by Gasteiger charge is -2.15. The number of rotatable bonds is 7. The molecule has 1 amide bonds. The summed E-state index contributed by atoms with van der Waals surface area (Å²) in [7, 11) is 0. The van der Waals surface area contributed by atoms with Crippen LogP contribution in [0, 0.1) is 5.92 Å². The molecule has 0 atom stereocenters. The highest BCUT2D eigenvalue weighted by Crippen LogP contribution is 2.20. The second-order valence-corrected chi connectivity index (χ2v) is 7.21. The lowest BCUT2D eigenvalue weighted by atomic mass is 10.2. The molecular formula is C21H26N2O3S. The van der Waals surface area contributed by atoms with E-state index in [1.54, 1.807) is 18.2 Å². The maximum atomic E-state index is 12.6. The molecule has 0 spiro atoms. The lowest BCUT2D eigenvalue weighted by molar-refractivity contribution is 0.0973. The van der Waals surface area contributed by atoms with Crippen LogP contribution in [0.1, 0.15) is 38.1 Å². The maximum Gasteiger partial charge on any atom is 0.261 e. The third-order valence-corrected chi connectivity index (χ3v) is 3.60. The van der Waals surface area contributed by atoms with Crippen molar-refractivity contribution in [1.82, 2.24) is 5.32 Å². The van der Waals surface area contributed by atoms with Crippen LogP contribution >= 0.6 is 12.2 Å². The normalized spacial score (nSPS) is 10.6. The summed E-state index contributed by atoms with van der Waals surface area (Å²) in [5.74, 6) is 1.32. The Morgan fingerprint density at radius 3 is 2.52 bits per heavy atom. The average molecular weight is 387 g/mol. The van der Waals surface area contributed by atoms with Crippen molar-refractivity contribution in [1.29, 1.82) is 0 Å². The van der Waals surface area contributed by atoms with E-state index >= 15 is 0 Å². The fourth-order valence-corrected chi connectivity index (χ4v) is 2.50. The highest BCUT2D eigenvalue weighted by atomic mass is 32.1. The van der Waals surface area contributed by atoms with E-state index in [-0.39, 0.29) is 17.1 Å². The van der Waals surface area contributed by atoms with Crippen molar-refractivity contribution >= 4 is 28.9 Å². The van der Waals surface area contributed by atoms with Gasteiger partial charge in [0.25, 0.3) is 5.91 Å². The van der Waals surface area contributed by atoms with Gasteiger partial charge in [0, 0.05) is 11.8 Å². The van der Waals surface area contributed by atoms with E-state index in [9.17, 15) is 4.79 Å². The molecule has 0 aliphatic heterocycles. The summed E-state index contributed by atoms with van der Waals surface area (Å²) in [4.78, 5) is 12.6. The number of carbonyl (C=O) groups is 1. The Hall–Kier alpha value is -2.60. The van der Waals surface area contributed by atoms with Crippen molar-refractivity contribution in [3.63, 3.8) is 0 Å². The highest BCUT2D eigenvalue weighted by molar-refractivity contribution is 7.80. The predicted octanol–water partition coefficient (Wildman–Crippen LogP) is 4.64. The first-order valence-corrected chi connectivity index (χ1v) is 9.37. The van der Waals surface area contributed by atoms with E-state index in [4.69, 9.17) is 21.7 Å². The molecule has 0 heterocycles. The molecular weight excluding hydrogens is 360 g/mol. The summed E-state index contributed by atoms with van der Waals surface area (Å²) in [5, 5.41) is 5.91. The third-order valence-electron chi connectivity index (χ3n) is 3.39. The zero-order chi connectivity index (χ0) is 19.8. The standard InChI is InChI=1S/C21H26N2O3S/c1-14(2)13-25-19-11-6-5-10-18(19)20(24)23-21(27)22-16-8-7-9-17(12-16)26-15(3)4/h5-12,14-15H,13H2,1-4H3,(H2,22,23,24,27). The van der Waals surface area contributed by atoms with Crippen molar-refractivity contribution in [3.05, 3.63) is 54.1 Å². The minimum absolute atomic E-state index is 0.0780. The molecule has 6 heteroatoms.